The topological polar surface area (TPSA) is 87.3 Å². The summed E-state index contributed by atoms with van der Waals surface area (Å²) in [4.78, 5) is 39.6. The van der Waals surface area contributed by atoms with Gasteiger partial charge in [0, 0.05) is 26.9 Å². The highest BCUT2D eigenvalue weighted by Gasteiger charge is 2.17. The first-order valence-corrected chi connectivity index (χ1v) is 13.8. The minimum atomic E-state index is -0.490. The van der Waals surface area contributed by atoms with Crippen molar-refractivity contribution in [1.82, 2.24) is 5.32 Å². The van der Waals surface area contributed by atoms with Gasteiger partial charge in [-0.1, -0.05) is 54.1 Å². The molecular formula is C32H28ClN3O3S. The van der Waals surface area contributed by atoms with Crippen LogP contribution in [0.2, 0.25) is 5.02 Å². The number of aryl methyl sites for hydroxylation is 1. The van der Waals surface area contributed by atoms with Crippen LogP contribution in [-0.4, -0.2) is 23.0 Å². The Morgan fingerprint density at radius 3 is 2.23 bits per heavy atom. The first-order valence-electron chi connectivity index (χ1n) is 12.6. The molecule has 6 nitrogen and oxygen atoms in total. The number of hydrogen-bond donors (Lipinski definition) is 3. The summed E-state index contributed by atoms with van der Waals surface area (Å²) in [6.07, 6.45) is 1.57. The summed E-state index contributed by atoms with van der Waals surface area (Å²) in [6, 6.07) is 30.5. The van der Waals surface area contributed by atoms with E-state index < -0.39 is 11.8 Å². The Balaban J connectivity index is 1.43. The van der Waals surface area contributed by atoms with Crippen LogP contribution in [0.15, 0.2) is 114 Å². The molecular weight excluding hydrogens is 542 g/mol. The van der Waals surface area contributed by atoms with Crippen molar-refractivity contribution in [2.45, 2.75) is 24.0 Å². The molecule has 0 aliphatic heterocycles. The highest BCUT2D eigenvalue weighted by atomic mass is 35.5. The van der Waals surface area contributed by atoms with E-state index in [4.69, 9.17) is 11.6 Å². The second-order valence-electron chi connectivity index (χ2n) is 9.03. The minimum absolute atomic E-state index is 0.0658. The molecule has 0 spiro atoms. The summed E-state index contributed by atoms with van der Waals surface area (Å²) in [5.41, 5.74) is 3.52. The molecule has 0 bridgehead atoms. The highest BCUT2D eigenvalue weighted by Crippen LogP contribution is 2.26. The summed E-state index contributed by atoms with van der Waals surface area (Å²) < 4.78 is 0. The van der Waals surface area contributed by atoms with Crippen LogP contribution in [0.5, 0.6) is 0 Å². The van der Waals surface area contributed by atoms with Gasteiger partial charge in [0.2, 0.25) is 5.91 Å². The van der Waals surface area contributed by atoms with E-state index in [1.807, 2.05) is 56.3 Å². The third-order valence-electron chi connectivity index (χ3n) is 5.77. The average Bonchev–Trinajstić information content (AvgIpc) is 2.94. The van der Waals surface area contributed by atoms with Crippen molar-refractivity contribution < 1.29 is 14.4 Å². The molecule has 0 saturated carbocycles. The van der Waals surface area contributed by atoms with Crippen molar-refractivity contribution in [3.8, 4) is 0 Å². The van der Waals surface area contributed by atoms with E-state index in [1.54, 1.807) is 66.7 Å². The Morgan fingerprint density at radius 1 is 0.800 bits per heavy atom. The van der Waals surface area contributed by atoms with Gasteiger partial charge in [0.1, 0.15) is 5.70 Å². The Morgan fingerprint density at radius 2 is 1.52 bits per heavy atom. The summed E-state index contributed by atoms with van der Waals surface area (Å²) in [7, 11) is 0. The van der Waals surface area contributed by atoms with E-state index in [-0.39, 0.29) is 16.9 Å². The molecule has 0 radical (unpaired) electrons. The molecule has 0 aromatic heterocycles. The molecule has 0 aliphatic rings. The molecule has 8 heteroatoms. The zero-order valence-electron chi connectivity index (χ0n) is 22.0. The van der Waals surface area contributed by atoms with Crippen LogP contribution in [0.25, 0.3) is 6.08 Å². The molecule has 0 saturated heterocycles. The van der Waals surface area contributed by atoms with E-state index in [1.165, 1.54) is 11.8 Å². The van der Waals surface area contributed by atoms with Crippen molar-refractivity contribution in [1.29, 1.82) is 0 Å². The minimum Gasteiger partial charge on any atom is -0.325 e. The molecule has 4 rings (SSSR count). The standard InChI is InChI=1S/C32H28ClN3O3S/c1-21-8-6-13-27(18-21)35-30(37)22(2)40-28-16-14-26(15-17-28)34-32(39)29(20-23-9-7-12-25(33)19-23)36-31(38)24-10-4-3-5-11-24/h3-20,22H,1-2H3,(H,34,39)(H,35,37)(H,36,38)/b29-20-. The third-order valence-corrected chi connectivity index (χ3v) is 7.12. The predicted octanol–water partition coefficient (Wildman–Crippen LogP) is 7.18. The fourth-order valence-electron chi connectivity index (χ4n) is 3.75. The summed E-state index contributed by atoms with van der Waals surface area (Å²) in [5, 5.41) is 8.66. The van der Waals surface area contributed by atoms with Crippen LogP contribution >= 0.6 is 23.4 Å². The van der Waals surface area contributed by atoms with Crippen molar-refractivity contribution in [2.75, 3.05) is 10.6 Å². The quantitative estimate of drug-likeness (QED) is 0.147. The Labute approximate surface area is 242 Å². The smallest absolute Gasteiger partial charge is 0.272 e. The fourth-order valence-corrected chi connectivity index (χ4v) is 4.81. The first kappa shape index (κ1) is 28.7. The maximum atomic E-state index is 13.2. The molecule has 1 atom stereocenters. The van der Waals surface area contributed by atoms with Gasteiger partial charge in [-0.05, 0) is 91.7 Å². The zero-order valence-corrected chi connectivity index (χ0v) is 23.6. The zero-order chi connectivity index (χ0) is 28.5. The van der Waals surface area contributed by atoms with Crippen molar-refractivity contribution >= 4 is 58.5 Å². The Hall–Kier alpha value is -4.33. The summed E-state index contributed by atoms with van der Waals surface area (Å²) >= 11 is 7.52. The second kappa shape index (κ2) is 13.6. The van der Waals surface area contributed by atoms with Crippen molar-refractivity contribution in [3.63, 3.8) is 0 Å². The van der Waals surface area contributed by atoms with Gasteiger partial charge in [0.15, 0.2) is 0 Å². The Bertz CT molecular complexity index is 1540. The number of amides is 3. The Kier molecular flexibility index (Phi) is 9.78. The lowest BCUT2D eigenvalue weighted by Gasteiger charge is -2.14. The van der Waals surface area contributed by atoms with Gasteiger partial charge in [-0.3, -0.25) is 14.4 Å². The summed E-state index contributed by atoms with van der Waals surface area (Å²) in [6.45, 7) is 3.81. The van der Waals surface area contributed by atoms with E-state index in [2.05, 4.69) is 16.0 Å². The number of anilines is 2. The lowest BCUT2D eigenvalue weighted by Crippen LogP contribution is -2.30. The van der Waals surface area contributed by atoms with Crippen molar-refractivity contribution in [3.05, 3.63) is 131 Å². The molecule has 0 heterocycles. The molecule has 1 unspecified atom stereocenters. The number of rotatable bonds is 9. The van der Waals surface area contributed by atoms with Gasteiger partial charge in [0.05, 0.1) is 5.25 Å². The number of thioether (sulfide) groups is 1. The van der Waals surface area contributed by atoms with Crippen LogP contribution < -0.4 is 16.0 Å². The maximum absolute atomic E-state index is 13.2. The maximum Gasteiger partial charge on any atom is 0.272 e. The second-order valence-corrected chi connectivity index (χ2v) is 10.9. The molecule has 4 aromatic rings. The van der Waals surface area contributed by atoms with Gasteiger partial charge in [0.25, 0.3) is 11.8 Å². The van der Waals surface area contributed by atoms with Crippen LogP contribution in [-0.2, 0) is 9.59 Å². The highest BCUT2D eigenvalue weighted by molar-refractivity contribution is 8.00. The number of nitrogens with one attached hydrogen (secondary N) is 3. The normalized spacial score (nSPS) is 11.8. The van der Waals surface area contributed by atoms with E-state index in [0.29, 0.717) is 21.8 Å². The first-order chi connectivity index (χ1) is 19.3. The van der Waals surface area contributed by atoms with Crippen LogP contribution in [0.1, 0.15) is 28.4 Å². The van der Waals surface area contributed by atoms with Gasteiger partial charge in [-0.15, -0.1) is 11.8 Å². The molecule has 3 amide bonds. The lowest BCUT2D eigenvalue weighted by molar-refractivity contribution is -0.115. The van der Waals surface area contributed by atoms with Crippen LogP contribution in [0, 0.1) is 6.92 Å². The van der Waals surface area contributed by atoms with Crippen molar-refractivity contribution in [2.24, 2.45) is 0 Å². The molecule has 0 aliphatic carbocycles. The number of carbonyl (C=O) groups is 3. The predicted molar refractivity (Wildman–Crippen MR) is 164 cm³/mol. The van der Waals surface area contributed by atoms with Gasteiger partial charge < -0.3 is 16.0 Å². The monoisotopic (exact) mass is 569 g/mol. The fraction of sp³-hybridized carbons (Fsp3) is 0.0938. The number of hydrogen-bond acceptors (Lipinski definition) is 4. The van der Waals surface area contributed by atoms with E-state index in [9.17, 15) is 14.4 Å². The van der Waals surface area contributed by atoms with Crippen LogP contribution in [0.4, 0.5) is 11.4 Å². The average molecular weight is 570 g/mol. The molecule has 40 heavy (non-hydrogen) atoms. The van der Waals surface area contributed by atoms with Crippen LogP contribution in [0.3, 0.4) is 0 Å². The number of benzene rings is 4. The van der Waals surface area contributed by atoms with E-state index in [0.717, 1.165) is 16.1 Å². The number of halogens is 1. The largest absolute Gasteiger partial charge is 0.325 e. The van der Waals surface area contributed by atoms with Gasteiger partial charge >= 0.3 is 0 Å². The van der Waals surface area contributed by atoms with E-state index >= 15 is 0 Å². The van der Waals surface area contributed by atoms with Gasteiger partial charge in [-0.2, -0.15) is 0 Å². The SMILES string of the molecule is Cc1cccc(NC(=O)C(C)Sc2ccc(NC(=O)/C(=C/c3cccc(Cl)c3)NC(=O)c3ccccc3)cc2)c1. The molecule has 4 aromatic carbocycles. The summed E-state index contributed by atoms with van der Waals surface area (Å²) in [5.74, 6) is -0.998. The third kappa shape index (κ3) is 8.33. The molecule has 0 fully saturated rings. The lowest BCUT2D eigenvalue weighted by atomic mass is 10.1. The number of carbonyl (C=O) groups excluding carboxylic acids is 3. The molecule has 3 N–H and O–H groups in total. The van der Waals surface area contributed by atoms with Gasteiger partial charge in [-0.25, -0.2) is 0 Å². The molecule has 202 valence electrons.